The number of piperidine rings is 2. The summed E-state index contributed by atoms with van der Waals surface area (Å²) in [5.74, 6) is 1.97. The van der Waals surface area contributed by atoms with E-state index in [-0.39, 0.29) is 0 Å². The Hall–Kier alpha value is -2.04. The maximum Gasteiger partial charge on any atom is 0.120 e. The van der Waals surface area contributed by atoms with Crippen LogP contribution in [-0.2, 0) is 6.42 Å². The van der Waals surface area contributed by atoms with Gasteiger partial charge in [0.15, 0.2) is 0 Å². The van der Waals surface area contributed by atoms with Crippen molar-refractivity contribution in [1.82, 2.24) is 9.80 Å². The zero-order valence-corrected chi connectivity index (χ0v) is 18.8. The van der Waals surface area contributed by atoms with Crippen LogP contribution in [0.25, 0.3) is 11.1 Å². The Labute approximate surface area is 187 Å². The smallest absolute Gasteiger partial charge is 0.120 e. The highest BCUT2D eigenvalue weighted by Gasteiger charge is 2.20. The Kier molecular flexibility index (Phi) is 6.76. The molecule has 2 saturated heterocycles. The van der Waals surface area contributed by atoms with Gasteiger partial charge in [-0.15, -0.1) is 0 Å². The Morgan fingerprint density at radius 3 is 1.48 bits per heavy atom. The minimum absolute atomic E-state index is 0.769. The molecule has 3 aliphatic rings. The number of fused-ring (bicyclic) bond motifs is 3. The lowest BCUT2D eigenvalue weighted by atomic mass is 10.1. The van der Waals surface area contributed by atoms with Crippen molar-refractivity contribution in [3.63, 3.8) is 0 Å². The topological polar surface area (TPSA) is 24.9 Å². The van der Waals surface area contributed by atoms with Gasteiger partial charge >= 0.3 is 0 Å². The number of rotatable bonds is 8. The Balaban J connectivity index is 1.19. The van der Waals surface area contributed by atoms with Crippen LogP contribution in [0.4, 0.5) is 0 Å². The molecule has 0 spiro atoms. The second kappa shape index (κ2) is 10.1. The molecular weight excluding hydrogens is 384 g/mol. The molecular formula is C27H36N2O2. The van der Waals surface area contributed by atoms with Gasteiger partial charge in [0.25, 0.3) is 0 Å². The van der Waals surface area contributed by atoms with Gasteiger partial charge in [-0.3, -0.25) is 9.80 Å². The predicted molar refractivity (Wildman–Crippen MR) is 126 cm³/mol. The van der Waals surface area contributed by atoms with Gasteiger partial charge in [0.2, 0.25) is 0 Å². The third kappa shape index (κ3) is 5.24. The third-order valence-electron chi connectivity index (χ3n) is 7.08. The molecule has 5 rings (SSSR count). The van der Waals surface area contributed by atoms with E-state index in [1.807, 2.05) is 0 Å². The van der Waals surface area contributed by atoms with E-state index >= 15 is 0 Å². The fraction of sp³-hybridized carbons (Fsp3) is 0.556. The normalized spacial score (nSPS) is 19.1. The molecule has 0 atom stereocenters. The van der Waals surface area contributed by atoms with Crippen LogP contribution in [0.2, 0.25) is 0 Å². The van der Waals surface area contributed by atoms with Gasteiger partial charge in [-0.05, 0) is 105 Å². The average molecular weight is 421 g/mol. The standard InChI is InChI=1S/C27H36N2O2/c1-3-11-28(12-4-1)15-17-30-24-9-7-22-19-23-8-10-25(21-27(23)26(22)20-24)31-18-16-29-13-5-2-6-14-29/h7-10,20-21H,1-6,11-19H2. The first-order valence-electron chi connectivity index (χ1n) is 12.3. The fourth-order valence-electron chi connectivity index (χ4n) is 5.26. The summed E-state index contributed by atoms with van der Waals surface area (Å²) in [5.41, 5.74) is 5.41. The number of hydrogen-bond acceptors (Lipinski definition) is 4. The monoisotopic (exact) mass is 420 g/mol. The van der Waals surface area contributed by atoms with Crippen LogP contribution in [0.15, 0.2) is 36.4 Å². The Morgan fingerprint density at radius 1 is 0.581 bits per heavy atom. The summed E-state index contributed by atoms with van der Waals surface area (Å²) >= 11 is 0. The molecule has 2 aromatic carbocycles. The average Bonchev–Trinajstić information content (AvgIpc) is 3.18. The Morgan fingerprint density at radius 2 is 1.03 bits per heavy atom. The van der Waals surface area contributed by atoms with Crippen molar-refractivity contribution >= 4 is 0 Å². The lowest BCUT2D eigenvalue weighted by molar-refractivity contribution is 0.183. The fourth-order valence-corrected chi connectivity index (χ4v) is 5.26. The molecule has 2 aliphatic heterocycles. The minimum atomic E-state index is 0.769. The van der Waals surface area contributed by atoms with E-state index in [2.05, 4.69) is 46.2 Å². The Bertz CT molecular complexity index is 798. The van der Waals surface area contributed by atoms with Crippen LogP contribution in [0.3, 0.4) is 0 Å². The van der Waals surface area contributed by atoms with E-state index in [0.717, 1.165) is 44.2 Å². The molecule has 4 heteroatoms. The summed E-state index contributed by atoms with van der Waals surface area (Å²) in [4.78, 5) is 5.05. The molecule has 2 heterocycles. The van der Waals surface area contributed by atoms with Crippen molar-refractivity contribution in [3.8, 4) is 22.6 Å². The number of likely N-dealkylation sites (tertiary alicyclic amines) is 2. The van der Waals surface area contributed by atoms with Gasteiger partial charge < -0.3 is 9.47 Å². The maximum atomic E-state index is 6.13. The highest BCUT2D eigenvalue weighted by molar-refractivity contribution is 5.78. The van der Waals surface area contributed by atoms with Gasteiger partial charge in [-0.1, -0.05) is 25.0 Å². The molecule has 0 radical (unpaired) electrons. The van der Waals surface area contributed by atoms with Gasteiger partial charge in [-0.25, -0.2) is 0 Å². The van der Waals surface area contributed by atoms with Gasteiger partial charge in [-0.2, -0.15) is 0 Å². The highest BCUT2D eigenvalue weighted by Crippen LogP contribution is 2.40. The summed E-state index contributed by atoms with van der Waals surface area (Å²) in [5, 5.41) is 0. The SMILES string of the molecule is c1cc2c(cc1OCCN1CCCCC1)-c1cc(OCCN3CCCCC3)ccc1C2. The van der Waals surface area contributed by atoms with Crippen LogP contribution in [0.5, 0.6) is 11.5 Å². The molecule has 2 aromatic rings. The summed E-state index contributed by atoms with van der Waals surface area (Å²) in [6.07, 6.45) is 9.09. The maximum absolute atomic E-state index is 6.13. The van der Waals surface area contributed by atoms with Gasteiger partial charge in [0, 0.05) is 13.1 Å². The number of nitrogens with zero attached hydrogens (tertiary/aromatic N) is 2. The van der Waals surface area contributed by atoms with E-state index in [1.54, 1.807) is 0 Å². The summed E-state index contributed by atoms with van der Waals surface area (Å²) in [6, 6.07) is 13.2. The summed E-state index contributed by atoms with van der Waals surface area (Å²) in [7, 11) is 0. The second-order valence-corrected chi connectivity index (χ2v) is 9.32. The first-order chi connectivity index (χ1) is 15.3. The van der Waals surface area contributed by atoms with Crippen molar-refractivity contribution in [2.45, 2.75) is 44.9 Å². The van der Waals surface area contributed by atoms with Crippen molar-refractivity contribution in [1.29, 1.82) is 0 Å². The van der Waals surface area contributed by atoms with E-state index in [9.17, 15) is 0 Å². The first-order valence-corrected chi connectivity index (χ1v) is 12.3. The molecule has 0 N–H and O–H groups in total. The van der Waals surface area contributed by atoms with E-state index in [1.165, 1.54) is 87.0 Å². The van der Waals surface area contributed by atoms with Crippen molar-refractivity contribution < 1.29 is 9.47 Å². The molecule has 31 heavy (non-hydrogen) atoms. The van der Waals surface area contributed by atoms with Gasteiger partial charge in [0.1, 0.15) is 24.7 Å². The van der Waals surface area contributed by atoms with Crippen LogP contribution in [-0.4, -0.2) is 62.3 Å². The lowest BCUT2D eigenvalue weighted by Gasteiger charge is -2.26. The second-order valence-electron chi connectivity index (χ2n) is 9.32. The summed E-state index contributed by atoms with van der Waals surface area (Å²) in [6.45, 7) is 8.49. The van der Waals surface area contributed by atoms with Gasteiger partial charge in [0.05, 0.1) is 0 Å². The molecule has 0 aromatic heterocycles. The number of benzene rings is 2. The predicted octanol–water partition coefficient (Wildman–Crippen LogP) is 4.99. The third-order valence-corrected chi connectivity index (χ3v) is 7.08. The first kappa shape index (κ1) is 20.8. The van der Waals surface area contributed by atoms with E-state index in [0.29, 0.717) is 0 Å². The number of ether oxygens (including phenoxy) is 2. The summed E-state index contributed by atoms with van der Waals surface area (Å²) < 4.78 is 12.3. The molecule has 0 amide bonds. The van der Waals surface area contributed by atoms with Crippen LogP contribution < -0.4 is 9.47 Å². The van der Waals surface area contributed by atoms with Crippen molar-refractivity contribution in [2.24, 2.45) is 0 Å². The zero-order valence-electron chi connectivity index (χ0n) is 18.8. The molecule has 0 saturated carbocycles. The molecule has 4 nitrogen and oxygen atoms in total. The highest BCUT2D eigenvalue weighted by atomic mass is 16.5. The zero-order chi connectivity index (χ0) is 20.9. The number of hydrogen-bond donors (Lipinski definition) is 0. The lowest BCUT2D eigenvalue weighted by Crippen LogP contribution is -2.33. The van der Waals surface area contributed by atoms with Crippen molar-refractivity contribution in [3.05, 3.63) is 47.5 Å². The molecule has 0 bridgehead atoms. The van der Waals surface area contributed by atoms with Crippen LogP contribution in [0.1, 0.15) is 49.7 Å². The quantitative estimate of drug-likeness (QED) is 0.513. The van der Waals surface area contributed by atoms with Crippen molar-refractivity contribution in [2.75, 3.05) is 52.5 Å². The van der Waals surface area contributed by atoms with Crippen LogP contribution in [0, 0.1) is 0 Å². The van der Waals surface area contributed by atoms with E-state index in [4.69, 9.17) is 9.47 Å². The van der Waals surface area contributed by atoms with Crippen LogP contribution >= 0.6 is 0 Å². The molecule has 166 valence electrons. The largest absolute Gasteiger partial charge is 0.492 e. The minimum Gasteiger partial charge on any atom is -0.492 e. The van der Waals surface area contributed by atoms with E-state index < -0.39 is 0 Å². The molecule has 0 unspecified atom stereocenters. The molecule has 1 aliphatic carbocycles. The molecule has 2 fully saturated rings.